The van der Waals surface area contributed by atoms with E-state index in [2.05, 4.69) is 46.8 Å². The molecule has 1 aromatic heterocycles. The van der Waals surface area contributed by atoms with Gasteiger partial charge in [-0.25, -0.2) is 0 Å². The Bertz CT molecular complexity index is 1300. The summed E-state index contributed by atoms with van der Waals surface area (Å²) >= 11 is 0. The number of carbonyl (C=O) groups is 2. The molecule has 0 bridgehead atoms. The molecule has 3 aromatic carbocycles. The summed E-state index contributed by atoms with van der Waals surface area (Å²) in [7, 11) is 0. The van der Waals surface area contributed by atoms with Crippen molar-refractivity contribution in [2.75, 3.05) is 11.9 Å². The van der Waals surface area contributed by atoms with E-state index in [0.29, 0.717) is 36.2 Å². The lowest BCUT2D eigenvalue weighted by molar-refractivity contribution is -0.116. The maximum absolute atomic E-state index is 12.3. The van der Waals surface area contributed by atoms with Gasteiger partial charge in [0.25, 0.3) is 5.91 Å². The summed E-state index contributed by atoms with van der Waals surface area (Å²) in [5, 5.41) is 14.7. The SMILES string of the molecule is CC(=O)CCNC(=O)c1ccc(N[C@H](c2ccc(-c3nnc(-c4ccccc4)o3)cc2)C(C)C)cc1. The van der Waals surface area contributed by atoms with Crippen LogP contribution < -0.4 is 10.6 Å². The van der Waals surface area contributed by atoms with Gasteiger partial charge in [0, 0.05) is 35.3 Å². The molecule has 36 heavy (non-hydrogen) atoms. The van der Waals surface area contributed by atoms with Crippen LogP contribution in [0.15, 0.2) is 83.3 Å². The summed E-state index contributed by atoms with van der Waals surface area (Å²) in [5.74, 6) is 1.16. The van der Waals surface area contributed by atoms with Crippen molar-refractivity contribution in [3.63, 3.8) is 0 Å². The second kappa shape index (κ2) is 11.4. The number of carbonyl (C=O) groups excluding carboxylic acids is 2. The number of rotatable bonds is 10. The molecule has 0 aliphatic rings. The number of Topliss-reactive ketones (excluding diaryl/α,β-unsaturated/α-hetero) is 1. The number of anilines is 1. The maximum atomic E-state index is 12.3. The molecule has 0 saturated heterocycles. The third-order valence-electron chi connectivity index (χ3n) is 5.86. The Hall–Kier alpha value is -4.26. The number of amides is 1. The summed E-state index contributed by atoms with van der Waals surface area (Å²) in [6.07, 6.45) is 0.334. The van der Waals surface area contributed by atoms with E-state index < -0.39 is 0 Å². The van der Waals surface area contributed by atoms with Crippen molar-refractivity contribution < 1.29 is 14.0 Å². The zero-order valence-electron chi connectivity index (χ0n) is 20.7. The Morgan fingerprint density at radius 2 is 1.44 bits per heavy atom. The van der Waals surface area contributed by atoms with E-state index >= 15 is 0 Å². The number of nitrogens with zero attached hydrogens (tertiary/aromatic N) is 2. The summed E-state index contributed by atoms with van der Waals surface area (Å²) in [6, 6.07) is 25.2. The molecule has 0 fully saturated rings. The van der Waals surface area contributed by atoms with Crippen molar-refractivity contribution in [3.05, 3.63) is 90.0 Å². The molecular weight excluding hydrogens is 452 g/mol. The van der Waals surface area contributed by atoms with Crippen LogP contribution in [0.2, 0.25) is 0 Å². The lowest BCUT2D eigenvalue weighted by Gasteiger charge is -2.24. The molecule has 184 valence electrons. The van der Waals surface area contributed by atoms with Gasteiger partial charge >= 0.3 is 0 Å². The molecule has 0 radical (unpaired) electrons. The highest BCUT2D eigenvalue weighted by Crippen LogP contribution is 2.29. The van der Waals surface area contributed by atoms with E-state index in [1.165, 1.54) is 6.92 Å². The summed E-state index contributed by atoms with van der Waals surface area (Å²) in [5.41, 5.74) is 4.35. The van der Waals surface area contributed by atoms with Gasteiger partial charge < -0.3 is 15.1 Å². The average molecular weight is 483 g/mol. The van der Waals surface area contributed by atoms with Gasteiger partial charge in [0.2, 0.25) is 11.8 Å². The van der Waals surface area contributed by atoms with Crippen LogP contribution in [0.3, 0.4) is 0 Å². The van der Waals surface area contributed by atoms with Crippen LogP contribution >= 0.6 is 0 Å². The van der Waals surface area contributed by atoms with Gasteiger partial charge in [-0.2, -0.15) is 0 Å². The maximum Gasteiger partial charge on any atom is 0.251 e. The molecule has 0 spiro atoms. The van der Waals surface area contributed by atoms with Gasteiger partial charge in [0.05, 0.1) is 6.04 Å². The predicted octanol–water partition coefficient (Wildman–Crippen LogP) is 5.92. The number of hydrogen-bond acceptors (Lipinski definition) is 6. The number of nitrogens with one attached hydrogen (secondary N) is 2. The highest BCUT2D eigenvalue weighted by Gasteiger charge is 2.17. The molecule has 0 aliphatic carbocycles. The summed E-state index contributed by atoms with van der Waals surface area (Å²) in [4.78, 5) is 23.3. The van der Waals surface area contributed by atoms with Crippen LogP contribution in [0.25, 0.3) is 22.9 Å². The highest BCUT2D eigenvalue weighted by atomic mass is 16.4. The van der Waals surface area contributed by atoms with Crippen molar-refractivity contribution in [2.45, 2.75) is 33.2 Å². The smallest absolute Gasteiger partial charge is 0.251 e. The number of benzene rings is 3. The Kier molecular flexibility index (Phi) is 7.90. The molecule has 0 unspecified atom stereocenters. The normalized spacial score (nSPS) is 11.8. The first-order chi connectivity index (χ1) is 17.4. The number of hydrogen-bond donors (Lipinski definition) is 2. The Morgan fingerprint density at radius 3 is 2.03 bits per heavy atom. The van der Waals surface area contributed by atoms with Crippen LogP contribution in [-0.2, 0) is 4.79 Å². The van der Waals surface area contributed by atoms with Crippen LogP contribution in [0.1, 0.15) is 49.2 Å². The Balaban J connectivity index is 1.43. The van der Waals surface area contributed by atoms with Crippen LogP contribution in [0, 0.1) is 5.92 Å². The minimum absolute atomic E-state index is 0.0524. The van der Waals surface area contributed by atoms with E-state index in [1.54, 1.807) is 12.1 Å². The first-order valence-electron chi connectivity index (χ1n) is 12.0. The standard InChI is InChI=1S/C29H30N4O3/c1-19(2)26(31-25-15-13-22(14-16-25)27(35)30-18-17-20(3)34)21-9-11-24(12-10-21)29-33-32-28(36-29)23-7-5-4-6-8-23/h4-16,19,26,31H,17-18H2,1-3H3,(H,30,35)/t26-/m0/s1. The molecule has 0 aliphatic heterocycles. The fraction of sp³-hybridized carbons (Fsp3) is 0.241. The lowest BCUT2D eigenvalue weighted by Crippen LogP contribution is -2.25. The van der Waals surface area contributed by atoms with Crippen LogP contribution in [0.5, 0.6) is 0 Å². The first-order valence-corrected chi connectivity index (χ1v) is 12.0. The molecule has 1 amide bonds. The second-order valence-electron chi connectivity index (χ2n) is 9.05. The zero-order valence-corrected chi connectivity index (χ0v) is 20.7. The minimum atomic E-state index is -0.185. The van der Waals surface area contributed by atoms with E-state index in [-0.39, 0.29) is 17.7 Å². The molecule has 4 aromatic rings. The first kappa shape index (κ1) is 24.9. The quantitative estimate of drug-likeness (QED) is 0.291. The van der Waals surface area contributed by atoms with Crippen molar-refractivity contribution >= 4 is 17.4 Å². The molecular formula is C29H30N4O3. The van der Waals surface area contributed by atoms with Gasteiger partial charge in [-0.05, 0) is 66.9 Å². The zero-order chi connectivity index (χ0) is 25.5. The predicted molar refractivity (Wildman–Crippen MR) is 140 cm³/mol. The topological polar surface area (TPSA) is 97.1 Å². The number of ketones is 1. The molecule has 7 nitrogen and oxygen atoms in total. The number of aromatic nitrogens is 2. The van der Waals surface area contributed by atoms with Crippen LogP contribution in [0.4, 0.5) is 5.69 Å². The third-order valence-corrected chi connectivity index (χ3v) is 5.86. The van der Waals surface area contributed by atoms with Gasteiger partial charge in [-0.15, -0.1) is 10.2 Å². The van der Waals surface area contributed by atoms with E-state index in [1.807, 2.05) is 54.6 Å². The van der Waals surface area contributed by atoms with Crippen molar-refractivity contribution in [3.8, 4) is 22.9 Å². The van der Waals surface area contributed by atoms with E-state index in [4.69, 9.17) is 4.42 Å². The van der Waals surface area contributed by atoms with Crippen molar-refractivity contribution in [2.24, 2.45) is 5.92 Å². The highest BCUT2D eigenvalue weighted by molar-refractivity contribution is 5.94. The molecule has 1 heterocycles. The van der Waals surface area contributed by atoms with Crippen molar-refractivity contribution in [1.29, 1.82) is 0 Å². The van der Waals surface area contributed by atoms with Gasteiger partial charge in [0.15, 0.2) is 0 Å². The van der Waals surface area contributed by atoms with E-state index in [0.717, 1.165) is 22.4 Å². The monoisotopic (exact) mass is 482 g/mol. The summed E-state index contributed by atoms with van der Waals surface area (Å²) < 4.78 is 5.88. The molecule has 0 saturated carbocycles. The fourth-order valence-corrected chi connectivity index (χ4v) is 3.86. The van der Waals surface area contributed by atoms with E-state index in [9.17, 15) is 9.59 Å². The largest absolute Gasteiger partial charge is 0.416 e. The minimum Gasteiger partial charge on any atom is -0.416 e. The van der Waals surface area contributed by atoms with Gasteiger partial charge in [-0.3, -0.25) is 9.59 Å². The molecule has 7 heteroatoms. The van der Waals surface area contributed by atoms with Gasteiger partial charge in [-0.1, -0.05) is 44.2 Å². The second-order valence-corrected chi connectivity index (χ2v) is 9.05. The molecule has 1 atom stereocenters. The summed E-state index contributed by atoms with van der Waals surface area (Å²) in [6.45, 7) is 6.17. The lowest BCUT2D eigenvalue weighted by atomic mass is 9.94. The Labute approximate surface area is 211 Å². The molecule has 2 N–H and O–H groups in total. The van der Waals surface area contributed by atoms with Crippen molar-refractivity contribution in [1.82, 2.24) is 15.5 Å². The molecule has 4 rings (SSSR count). The fourth-order valence-electron chi connectivity index (χ4n) is 3.86. The van der Waals surface area contributed by atoms with Gasteiger partial charge in [0.1, 0.15) is 5.78 Å². The third kappa shape index (κ3) is 6.24. The average Bonchev–Trinajstić information content (AvgIpc) is 3.38. The Morgan fingerprint density at radius 1 is 0.833 bits per heavy atom. The van der Waals surface area contributed by atoms with Crippen LogP contribution in [-0.4, -0.2) is 28.4 Å².